The third-order valence-corrected chi connectivity index (χ3v) is 8.27. The van der Waals surface area contributed by atoms with Crippen molar-refractivity contribution >= 4 is 31.5 Å². The van der Waals surface area contributed by atoms with Gasteiger partial charge >= 0.3 is 0 Å². The number of halogens is 1. The zero-order valence-electron chi connectivity index (χ0n) is 13.6. The normalized spacial score (nSPS) is 20.2. The molecular weight excluding hydrogens is 386 g/mol. The molecule has 0 spiro atoms. The van der Waals surface area contributed by atoms with E-state index in [-0.39, 0.29) is 29.4 Å². The van der Waals surface area contributed by atoms with Gasteiger partial charge in [0.05, 0.1) is 29.2 Å². The molecular formula is C16H18ClNO5S2. The van der Waals surface area contributed by atoms with Gasteiger partial charge in [0, 0.05) is 11.1 Å². The van der Waals surface area contributed by atoms with Crippen LogP contribution in [0.4, 0.5) is 0 Å². The fourth-order valence-electron chi connectivity index (χ4n) is 2.95. The van der Waals surface area contributed by atoms with Crippen LogP contribution in [0.5, 0.6) is 0 Å². The maximum absolute atomic E-state index is 13.3. The minimum Gasteiger partial charge on any atom is -0.468 e. The molecule has 2 heterocycles. The Morgan fingerprint density at radius 1 is 1.32 bits per heavy atom. The van der Waals surface area contributed by atoms with Crippen LogP contribution in [0.1, 0.15) is 17.7 Å². The van der Waals surface area contributed by atoms with E-state index in [1.165, 1.54) is 16.6 Å². The van der Waals surface area contributed by atoms with E-state index < -0.39 is 25.9 Å². The number of sulfone groups is 1. The molecule has 0 radical (unpaired) electrons. The Balaban J connectivity index is 2.05. The van der Waals surface area contributed by atoms with Crippen LogP contribution >= 0.6 is 11.6 Å². The summed E-state index contributed by atoms with van der Waals surface area (Å²) < 4.78 is 56.7. The summed E-state index contributed by atoms with van der Waals surface area (Å²) >= 11 is 5.98. The predicted octanol–water partition coefficient (Wildman–Crippen LogP) is 2.62. The molecule has 25 heavy (non-hydrogen) atoms. The van der Waals surface area contributed by atoms with E-state index in [2.05, 4.69) is 0 Å². The van der Waals surface area contributed by atoms with Gasteiger partial charge in [-0.1, -0.05) is 17.7 Å². The Labute approximate surface area is 152 Å². The molecule has 1 aliphatic heterocycles. The van der Waals surface area contributed by atoms with Crippen LogP contribution in [0.3, 0.4) is 0 Å². The highest BCUT2D eigenvalue weighted by molar-refractivity contribution is 7.92. The third kappa shape index (κ3) is 3.92. The van der Waals surface area contributed by atoms with Crippen LogP contribution in [0, 0.1) is 6.92 Å². The Kier molecular flexibility index (Phi) is 4.98. The minimum atomic E-state index is -3.94. The van der Waals surface area contributed by atoms with Gasteiger partial charge in [-0.05, 0) is 43.2 Å². The lowest BCUT2D eigenvalue weighted by atomic mass is 10.2. The van der Waals surface area contributed by atoms with E-state index in [0.717, 1.165) is 0 Å². The van der Waals surface area contributed by atoms with Crippen LogP contribution in [0.25, 0.3) is 0 Å². The second-order valence-corrected chi connectivity index (χ2v) is 10.6. The molecule has 0 unspecified atom stereocenters. The Hall–Kier alpha value is -1.35. The van der Waals surface area contributed by atoms with Gasteiger partial charge in [-0.3, -0.25) is 0 Å². The van der Waals surface area contributed by atoms with Crippen molar-refractivity contribution in [1.82, 2.24) is 4.31 Å². The third-order valence-electron chi connectivity index (χ3n) is 4.24. The molecule has 0 bridgehead atoms. The summed E-state index contributed by atoms with van der Waals surface area (Å²) in [6, 6.07) is 7.34. The van der Waals surface area contributed by atoms with Gasteiger partial charge in [0.15, 0.2) is 9.84 Å². The Bertz CT molecular complexity index is 968. The van der Waals surface area contributed by atoms with Crippen LogP contribution in [0.15, 0.2) is 45.9 Å². The number of nitrogens with zero attached hydrogens (tertiary/aromatic N) is 1. The van der Waals surface area contributed by atoms with E-state index in [9.17, 15) is 16.8 Å². The first-order chi connectivity index (χ1) is 11.7. The molecule has 9 heteroatoms. The van der Waals surface area contributed by atoms with Gasteiger partial charge in [0.1, 0.15) is 5.76 Å². The molecule has 1 aromatic carbocycles. The second-order valence-electron chi connectivity index (χ2n) is 6.10. The predicted molar refractivity (Wildman–Crippen MR) is 94.7 cm³/mol. The number of sulfonamides is 1. The highest BCUT2D eigenvalue weighted by atomic mass is 35.5. The lowest BCUT2D eigenvalue weighted by Gasteiger charge is -2.27. The summed E-state index contributed by atoms with van der Waals surface area (Å²) in [6.45, 7) is 1.65. The van der Waals surface area contributed by atoms with Crippen molar-refractivity contribution in [2.75, 3.05) is 11.5 Å². The molecule has 6 nitrogen and oxygen atoms in total. The van der Waals surface area contributed by atoms with Crippen molar-refractivity contribution in [2.24, 2.45) is 0 Å². The number of rotatable bonds is 5. The topological polar surface area (TPSA) is 84.7 Å². The average Bonchev–Trinajstić information content (AvgIpc) is 3.16. The van der Waals surface area contributed by atoms with Gasteiger partial charge in [-0.15, -0.1) is 0 Å². The Morgan fingerprint density at radius 3 is 2.68 bits per heavy atom. The number of hydrogen-bond donors (Lipinski definition) is 0. The fourth-order valence-corrected chi connectivity index (χ4v) is 6.88. The van der Waals surface area contributed by atoms with Crippen LogP contribution in [0.2, 0.25) is 5.02 Å². The molecule has 3 rings (SSSR count). The van der Waals surface area contributed by atoms with E-state index in [0.29, 0.717) is 16.3 Å². The van der Waals surface area contributed by atoms with Gasteiger partial charge < -0.3 is 4.42 Å². The molecule has 0 N–H and O–H groups in total. The van der Waals surface area contributed by atoms with E-state index in [1.54, 1.807) is 31.2 Å². The van der Waals surface area contributed by atoms with E-state index >= 15 is 0 Å². The molecule has 0 aliphatic carbocycles. The summed E-state index contributed by atoms with van der Waals surface area (Å²) in [4.78, 5) is 0.0795. The molecule has 0 saturated carbocycles. The Morgan fingerprint density at radius 2 is 2.08 bits per heavy atom. The van der Waals surface area contributed by atoms with Crippen molar-refractivity contribution in [3.63, 3.8) is 0 Å². The number of hydrogen-bond acceptors (Lipinski definition) is 5. The summed E-state index contributed by atoms with van der Waals surface area (Å²) in [5.41, 5.74) is 0.551. The highest BCUT2D eigenvalue weighted by Crippen LogP contribution is 2.30. The first kappa shape index (κ1) is 18.4. The lowest BCUT2D eigenvalue weighted by Crippen LogP contribution is -2.40. The summed E-state index contributed by atoms with van der Waals surface area (Å²) in [7, 11) is -7.18. The molecule has 1 atom stereocenters. The van der Waals surface area contributed by atoms with Gasteiger partial charge in [-0.25, -0.2) is 16.8 Å². The van der Waals surface area contributed by atoms with Crippen molar-refractivity contribution in [3.05, 3.63) is 52.9 Å². The average molecular weight is 404 g/mol. The summed E-state index contributed by atoms with van der Waals surface area (Å²) in [6.07, 6.45) is 1.72. The van der Waals surface area contributed by atoms with Crippen molar-refractivity contribution in [1.29, 1.82) is 0 Å². The zero-order chi connectivity index (χ0) is 18.2. The maximum Gasteiger partial charge on any atom is 0.244 e. The van der Waals surface area contributed by atoms with Crippen molar-refractivity contribution < 1.29 is 21.3 Å². The molecule has 136 valence electrons. The summed E-state index contributed by atoms with van der Waals surface area (Å²) in [5, 5.41) is 0.307. The lowest BCUT2D eigenvalue weighted by molar-refractivity contribution is 0.306. The molecule has 2 aromatic rings. The quantitative estimate of drug-likeness (QED) is 0.766. The maximum atomic E-state index is 13.3. The number of benzene rings is 1. The first-order valence-corrected chi connectivity index (χ1v) is 11.3. The molecule has 1 aliphatic rings. The monoisotopic (exact) mass is 403 g/mol. The number of aryl methyl sites for hydroxylation is 1. The molecule has 1 fully saturated rings. The molecule has 1 aromatic heterocycles. The van der Waals surface area contributed by atoms with Crippen LogP contribution < -0.4 is 0 Å². The largest absolute Gasteiger partial charge is 0.468 e. The van der Waals surface area contributed by atoms with Gasteiger partial charge in [0.25, 0.3) is 0 Å². The van der Waals surface area contributed by atoms with E-state index in [4.69, 9.17) is 16.0 Å². The highest BCUT2D eigenvalue weighted by Gasteiger charge is 2.39. The standard InChI is InChI=1S/C16H18ClNO5S2/c1-12-4-5-13(17)9-16(12)25(21,22)18(10-15-3-2-7-23-15)14-6-8-24(19,20)11-14/h2-5,7,9,14H,6,8,10-11H2,1H3/t14-/m0/s1. The zero-order valence-corrected chi connectivity index (χ0v) is 15.9. The number of furan rings is 1. The van der Waals surface area contributed by atoms with Gasteiger partial charge in [0.2, 0.25) is 10.0 Å². The molecule has 1 saturated heterocycles. The molecule has 0 amide bonds. The van der Waals surface area contributed by atoms with E-state index in [1.807, 2.05) is 0 Å². The van der Waals surface area contributed by atoms with Crippen molar-refractivity contribution in [3.8, 4) is 0 Å². The van der Waals surface area contributed by atoms with Crippen LogP contribution in [-0.4, -0.2) is 38.7 Å². The minimum absolute atomic E-state index is 0.0175. The van der Waals surface area contributed by atoms with Gasteiger partial charge in [-0.2, -0.15) is 4.31 Å². The SMILES string of the molecule is Cc1ccc(Cl)cc1S(=O)(=O)N(Cc1ccco1)[C@H]1CCS(=O)(=O)C1. The second kappa shape index (κ2) is 6.75. The smallest absolute Gasteiger partial charge is 0.244 e. The van der Waals surface area contributed by atoms with Crippen molar-refractivity contribution in [2.45, 2.75) is 30.8 Å². The summed E-state index contributed by atoms with van der Waals surface area (Å²) in [5.74, 6) is 0.246. The van der Waals surface area contributed by atoms with Crippen LogP contribution in [-0.2, 0) is 26.4 Å². The first-order valence-electron chi connectivity index (χ1n) is 7.70. The fraction of sp³-hybridized carbons (Fsp3) is 0.375.